The van der Waals surface area contributed by atoms with Crippen LogP contribution in [-0.4, -0.2) is 51.8 Å². The summed E-state index contributed by atoms with van der Waals surface area (Å²) in [4.78, 5) is 28.5. The Labute approximate surface area is 116 Å². The van der Waals surface area contributed by atoms with Crippen molar-refractivity contribution < 1.29 is 19.2 Å². The minimum Gasteiger partial charge on any atom is -0.481 e. The van der Waals surface area contributed by atoms with Crippen LogP contribution in [0.5, 0.6) is 0 Å². The summed E-state index contributed by atoms with van der Waals surface area (Å²) >= 11 is 0. The molecular weight excluding hydrogens is 264 g/mol. The molecule has 2 heterocycles. The van der Waals surface area contributed by atoms with Gasteiger partial charge in [-0.1, -0.05) is 12.1 Å². The minimum absolute atomic E-state index is 0.0307. The van der Waals surface area contributed by atoms with Crippen molar-refractivity contribution in [2.24, 2.45) is 11.8 Å². The zero-order valence-corrected chi connectivity index (χ0v) is 11.5. The van der Waals surface area contributed by atoms with Gasteiger partial charge in [0.15, 0.2) is 5.82 Å². The number of rotatable bonds is 4. The Morgan fingerprint density at radius 3 is 2.80 bits per heavy atom. The number of carbonyl (C=O) groups excluding carboxylic acids is 1. The number of aryl methyl sites for hydroxylation is 1. The van der Waals surface area contributed by atoms with Crippen LogP contribution in [0, 0.1) is 18.8 Å². The summed E-state index contributed by atoms with van der Waals surface area (Å²) < 4.78 is 4.93. The number of hydrogen-bond acceptors (Lipinski definition) is 5. The molecule has 2 atom stereocenters. The molecule has 8 nitrogen and oxygen atoms in total. The van der Waals surface area contributed by atoms with Crippen molar-refractivity contribution in [1.82, 2.24) is 20.4 Å². The second-order valence-corrected chi connectivity index (χ2v) is 5.04. The van der Waals surface area contributed by atoms with Gasteiger partial charge in [0.2, 0.25) is 5.89 Å². The first-order chi connectivity index (χ1) is 9.47. The van der Waals surface area contributed by atoms with E-state index in [-0.39, 0.29) is 18.5 Å². The van der Waals surface area contributed by atoms with E-state index in [1.165, 1.54) is 4.90 Å². The lowest BCUT2D eigenvalue weighted by molar-refractivity contribution is -0.142. The number of nitrogens with zero attached hydrogens (tertiary/aromatic N) is 3. The van der Waals surface area contributed by atoms with Crippen molar-refractivity contribution in [2.45, 2.75) is 20.3 Å². The summed E-state index contributed by atoms with van der Waals surface area (Å²) in [5.41, 5.74) is 0. The Morgan fingerprint density at radius 1 is 1.50 bits per heavy atom. The molecule has 110 valence electrons. The molecule has 1 fully saturated rings. The summed E-state index contributed by atoms with van der Waals surface area (Å²) in [6, 6.07) is -0.253. The van der Waals surface area contributed by atoms with Crippen LogP contribution >= 0.6 is 0 Å². The van der Waals surface area contributed by atoms with E-state index < -0.39 is 11.9 Å². The van der Waals surface area contributed by atoms with Gasteiger partial charge in [-0.05, 0) is 12.8 Å². The van der Waals surface area contributed by atoms with Gasteiger partial charge in [0.1, 0.15) is 0 Å². The first-order valence-electron chi connectivity index (χ1n) is 6.52. The molecule has 0 saturated carbocycles. The Balaban J connectivity index is 1.77. The van der Waals surface area contributed by atoms with E-state index in [1.54, 1.807) is 6.92 Å². The van der Waals surface area contributed by atoms with Gasteiger partial charge < -0.3 is 19.8 Å². The van der Waals surface area contributed by atoms with E-state index in [2.05, 4.69) is 15.5 Å². The second-order valence-electron chi connectivity index (χ2n) is 5.04. The lowest BCUT2D eigenvalue weighted by atomic mass is 9.99. The van der Waals surface area contributed by atoms with Crippen molar-refractivity contribution in [2.75, 3.05) is 19.6 Å². The van der Waals surface area contributed by atoms with Gasteiger partial charge in [-0.2, -0.15) is 4.98 Å². The maximum atomic E-state index is 11.9. The van der Waals surface area contributed by atoms with Crippen LogP contribution in [-0.2, 0) is 11.2 Å². The zero-order valence-electron chi connectivity index (χ0n) is 11.5. The SMILES string of the molecule is Cc1noc(CCNC(=O)N2CC(C)C(C(=O)O)C2)n1. The molecule has 0 aromatic carbocycles. The summed E-state index contributed by atoms with van der Waals surface area (Å²) in [6.45, 7) is 4.66. The molecule has 2 rings (SSSR count). The monoisotopic (exact) mass is 282 g/mol. The standard InChI is InChI=1S/C12H18N4O4/c1-7-5-16(6-9(7)11(17)18)12(19)13-4-3-10-14-8(2)15-20-10/h7,9H,3-6H2,1-2H3,(H,13,19)(H,17,18). The fourth-order valence-electron chi connectivity index (χ4n) is 2.28. The minimum atomic E-state index is -0.853. The highest BCUT2D eigenvalue weighted by molar-refractivity contribution is 5.77. The average molecular weight is 282 g/mol. The smallest absolute Gasteiger partial charge is 0.317 e. The number of aliphatic carboxylic acids is 1. The predicted octanol–water partition coefficient (Wildman–Crippen LogP) is 0.283. The summed E-state index contributed by atoms with van der Waals surface area (Å²) in [7, 11) is 0. The lowest BCUT2D eigenvalue weighted by Gasteiger charge is -2.16. The summed E-state index contributed by atoms with van der Waals surface area (Å²) in [5, 5.41) is 15.4. The van der Waals surface area contributed by atoms with Crippen LogP contribution in [0.15, 0.2) is 4.52 Å². The molecule has 1 saturated heterocycles. The van der Waals surface area contributed by atoms with Crippen molar-refractivity contribution >= 4 is 12.0 Å². The van der Waals surface area contributed by atoms with Gasteiger partial charge in [0.25, 0.3) is 0 Å². The van der Waals surface area contributed by atoms with Crippen LogP contribution in [0.2, 0.25) is 0 Å². The third kappa shape index (κ3) is 3.25. The van der Waals surface area contributed by atoms with Crippen molar-refractivity contribution in [3.05, 3.63) is 11.7 Å². The molecule has 8 heteroatoms. The molecular formula is C12H18N4O4. The first kappa shape index (κ1) is 14.3. The van der Waals surface area contributed by atoms with Crippen LogP contribution in [0.4, 0.5) is 4.79 Å². The van der Waals surface area contributed by atoms with E-state index in [1.807, 2.05) is 6.92 Å². The fraction of sp³-hybridized carbons (Fsp3) is 0.667. The molecule has 2 N–H and O–H groups in total. The van der Waals surface area contributed by atoms with Gasteiger partial charge in [0, 0.05) is 26.1 Å². The summed E-state index contributed by atoms with van der Waals surface area (Å²) in [6.07, 6.45) is 0.457. The van der Waals surface area contributed by atoms with E-state index in [4.69, 9.17) is 9.63 Å². The van der Waals surface area contributed by atoms with Gasteiger partial charge in [-0.3, -0.25) is 4.79 Å². The third-order valence-corrected chi connectivity index (χ3v) is 3.40. The molecule has 1 aliphatic rings. The Kier molecular flexibility index (Phi) is 4.21. The normalized spacial score (nSPS) is 22.0. The molecule has 0 radical (unpaired) electrons. The molecule has 1 aromatic rings. The van der Waals surface area contributed by atoms with E-state index in [9.17, 15) is 9.59 Å². The Morgan fingerprint density at radius 2 is 2.25 bits per heavy atom. The number of aromatic nitrogens is 2. The molecule has 1 aromatic heterocycles. The molecule has 1 aliphatic heterocycles. The summed E-state index contributed by atoms with van der Waals surface area (Å²) in [5.74, 6) is -0.338. The first-order valence-corrected chi connectivity index (χ1v) is 6.52. The van der Waals surface area contributed by atoms with Crippen molar-refractivity contribution in [3.8, 4) is 0 Å². The quantitative estimate of drug-likeness (QED) is 0.821. The number of likely N-dealkylation sites (tertiary alicyclic amines) is 1. The number of carbonyl (C=O) groups is 2. The van der Waals surface area contributed by atoms with E-state index in [0.29, 0.717) is 31.2 Å². The topological polar surface area (TPSA) is 109 Å². The molecule has 0 aliphatic carbocycles. The van der Waals surface area contributed by atoms with Crippen LogP contribution in [0.25, 0.3) is 0 Å². The number of carboxylic acids is 1. The highest BCUT2D eigenvalue weighted by atomic mass is 16.5. The molecule has 2 unspecified atom stereocenters. The lowest BCUT2D eigenvalue weighted by Crippen LogP contribution is -2.39. The number of hydrogen-bond donors (Lipinski definition) is 2. The highest BCUT2D eigenvalue weighted by Gasteiger charge is 2.36. The number of carboxylic acid groups (broad SMARTS) is 1. The third-order valence-electron chi connectivity index (χ3n) is 3.40. The second kappa shape index (κ2) is 5.89. The van der Waals surface area contributed by atoms with Gasteiger partial charge >= 0.3 is 12.0 Å². The number of nitrogens with one attached hydrogen (secondary N) is 1. The molecule has 0 spiro atoms. The Bertz CT molecular complexity index is 501. The largest absolute Gasteiger partial charge is 0.481 e. The average Bonchev–Trinajstić information content (AvgIpc) is 2.95. The van der Waals surface area contributed by atoms with Crippen LogP contribution < -0.4 is 5.32 Å². The highest BCUT2D eigenvalue weighted by Crippen LogP contribution is 2.22. The zero-order chi connectivity index (χ0) is 14.7. The van der Waals surface area contributed by atoms with Gasteiger partial charge in [-0.15, -0.1) is 0 Å². The van der Waals surface area contributed by atoms with E-state index in [0.717, 1.165) is 0 Å². The maximum absolute atomic E-state index is 11.9. The molecule has 0 bridgehead atoms. The predicted molar refractivity (Wildman–Crippen MR) is 68.0 cm³/mol. The van der Waals surface area contributed by atoms with Gasteiger partial charge in [0.05, 0.1) is 5.92 Å². The maximum Gasteiger partial charge on any atom is 0.317 e. The molecule has 20 heavy (non-hydrogen) atoms. The fourth-order valence-corrected chi connectivity index (χ4v) is 2.28. The number of urea groups is 1. The van der Waals surface area contributed by atoms with Crippen LogP contribution in [0.1, 0.15) is 18.6 Å². The molecule has 2 amide bonds. The van der Waals surface area contributed by atoms with Crippen molar-refractivity contribution in [1.29, 1.82) is 0 Å². The van der Waals surface area contributed by atoms with Gasteiger partial charge in [-0.25, -0.2) is 4.79 Å². The van der Waals surface area contributed by atoms with Crippen molar-refractivity contribution in [3.63, 3.8) is 0 Å². The Hall–Kier alpha value is -2.12. The van der Waals surface area contributed by atoms with E-state index >= 15 is 0 Å². The number of amides is 2. The van der Waals surface area contributed by atoms with Crippen LogP contribution in [0.3, 0.4) is 0 Å².